The summed E-state index contributed by atoms with van der Waals surface area (Å²) in [5.74, 6) is -0.634. The number of hydrogen-bond acceptors (Lipinski definition) is 7. The summed E-state index contributed by atoms with van der Waals surface area (Å²) in [5.41, 5.74) is 1.87. The quantitative estimate of drug-likeness (QED) is 0.334. The van der Waals surface area contributed by atoms with Crippen LogP contribution in [0, 0.1) is 6.92 Å². The summed E-state index contributed by atoms with van der Waals surface area (Å²) in [6.45, 7) is 6.63. The van der Waals surface area contributed by atoms with Crippen molar-refractivity contribution in [3.05, 3.63) is 43.6 Å². The molecule has 1 atom stereocenters. The highest BCUT2D eigenvalue weighted by Crippen LogP contribution is 2.29. The van der Waals surface area contributed by atoms with Gasteiger partial charge in [0, 0.05) is 24.1 Å². The van der Waals surface area contributed by atoms with E-state index in [1.165, 1.54) is 22.2 Å². The molecule has 0 aromatic carbocycles. The molecule has 2 amide bonds. The second-order valence-electron chi connectivity index (χ2n) is 7.51. The number of aryl methyl sites for hydroxylation is 1. The number of rotatable bonds is 8. The monoisotopic (exact) mass is 480 g/mol. The average molecular weight is 481 g/mol. The smallest absolute Gasteiger partial charge is 0.423 e. The second kappa shape index (κ2) is 10.7. The topological polar surface area (TPSA) is 132 Å². The number of carbonyl (C=O) groups is 2. The fraction of sp³-hybridized carbons (Fsp3) is 0.524. The summed E-state index contributed by atoms with van der Waals surface area (Å²) in [7, 11) is 0. The zero-order valence-electron chi connectivity index (χ0n) is 18.8. The Labute approximate surface area is 193 Å². The van der Waals surface area contributed by atoms with Crippen molar-refractivity contribution in [2.24, 2.45) is 0 Å². The predicted molar refractivity (Wildman–Crippen MR) is 122 cm³/mol. The van der Waals surface area contributed by atoms with Gasteiger partial charge in [-0.2, -0.15) is 0 Å². The van der Waals surface area contributed by atoms with Crippen LogP contribution in [0.4, 0.5) is 4.79 Å². The van der Waals surface area contributed by atoms with E-state index in [0.29, 0.717) is 40.4 Å². The van der Waals surface area contributed by atoms with Gasteiger partial charge in [0.2, 0.25) is 0 Å². The van der Waals surface area contributed by atoms with E-state index in [0.717, 1.165) is 23.9 Å². The van der Waals surface area contributed by atoms with E-state index in [2.05, 4.69) is 5.43 Å². The summed E-state index contributed by atoms with van der Waals surface area (Å²) < 4.78 is 13.5. The van der Waals surface area contributed by atoms with E-state index in [-0.39, 0.29) is 19.2 Å². The molecule has 3 heterocycles. The van der Waals surface area contributed by atoms with Crippen LogP contribution in [0.5, 0.6) is 0 Å². The van der Waals surface area contributed by atoms with Gasteiger partial charge in [0.25, 0.3) is 11.5 Å². The second-order valence-corrected chi connectivity index (χ2v) is 8.59. The van der Waals surface area contributed by atoms with Crippen LogP contribution in [0.25, 0.3) is 10.2 Å². The molecule has 2 aromatic rings. The minimum atomic E-state index is -1.41. The van der Waals surface area contributed by atoms with Crippen molar-refractivity contribution < 1.29 is 24.2 Å². The van der Waals surface area contributed by atoms with Crippen LogP contribution >= 0.6 is 11.3 Å². The summed E-state index contributed by atoms with van der Waals surface area (Å²) in [4.78, 5) is 51.0. The molecule has 0 bridgehead atoms. The number of fused-ring (bicyclic) bond motifs is 1. The molecular weight excluding hydrogens is 452 g/mol. The molecule has 1 fully saturated rings. The third-order valence-electron chi connectivity index (χ3n) is 5.39. The molecule has 0 aliphatic carbocycles. The maximum absolute atomic E-state index is 13.1. The molecule has 3 rings (SSSR count). The standard InChI is InChI=1S/C21H28N4O7S/c1-4-23-18(27)17-13(3)15(12-25(22-20(28)29)16(26)8-10-31-5-2)33-19(17)24(21(23)30)11-14-7-6-9-32-14/h8,10,14,22H,4-7,9,11-12H2,1-3H3,(H,28,29)/b10-8+. The Morgan fingerprint density at radius 1 is 1.33 bits per heavy atom. The number of carbonyl (C=O) groups excluding carboxylic acids is 1. The van der Waals surface area contributed by atoms with Crippen molar-refractivity contribution in [2.45, 2.75) is 59.4 Å². The maximum atomic E-state index is 13.1. The first kappa shape index (κ1) is 24.5. The van der Waals surface area contributed by atoms with Gasteiger partial charge in [0.1, 0.15) is 4.83 Å². The minimum Gasteiger partial charge on any atom is -0.501 e. The number of nitrogens with zero attached hydrogens (tertiary/aromatic N) is 3. The van der Waals surface area contributed by atoms with E-state index in [1.54, 1.807) is 25.3 Å². The van der Waals surface area contributed by atoms with Crippen molar-refractivity contribution >= 4 is 33.6 Å². The van der Waals surface area contributed by atoms with Crippen LogP contribution in [0.15, 0.2) is 21.9 Å². The first-order valence-electron chi connectivity index (χ1n) is 10.7. The lowest BCUT2D eigenvalue weighted by molar-refractivity contribution is -0.129. The lowest BCUT2D eigenvalue weighted by atomic mass is 10.2. The van der Waals surface area contributed by atoms with Crippen LogP contribution in [0.1, 0.15) is 37.1 Å². The number of hydrogen-bond donors (Lipinski definition) is 2. The van der Waals surface area contributed by atoms with Gasteiger partial charge in [-0.05, 0) is 39.2 Å². The van der Waals surface area contributed by atoms with Crippen LogP contribution in [0.2, 0.25) is 0 Å². The molecule has 11 nitrogen and oxygen atoms in total. The van der Waals surface area contributed by atoms with Gasteiger partial charge in [-0.25, -0.2) is 20.0 Å². The first-order valence-corrected chi connectivity index (χ1v) is 11.6. The van der Waals surface area contributed by atoms with Crippen LogP contribution in [-0.4, -0.2) is 50.6 Å². The minimum absolute atomic E-state index is 0.116. The normalized spacial score (nSPS) is 15.9. The molecule has 33 heavy (non-hydrogen) atoms. The van der Waals surface area contributed by atoms with Gasteiger partial charge < -0.3 is 14.6 Å². The third kappa shape index (κ3) is 5.28. The predicted octanol–water partition coefficient (Wildman–Crippen LogP) is 1.79. The third-order valence-corrected chi connectivity index (χ3v) is 6.69. The fourth-order valence-corrected chi connectivity index (χ4v) is 5.03. The number of thiophene rings is 1. The Balaban J connectivity index is 2.07. The molecule has 1 aliphatic rings. The maximum Gasteiger partial charge on any atom is 0.423 e. The van der Waals surface area contributed by atoms with Crippen LogP contribution in [0.3, 0.4) is 0 Å². The molecule has 0 spiro atoms. The Morgan fingerprint density at radius 3 is 2.70 bits per heavy atom. The van der Waals surface area contributed by atoms with E-state index < -0.39 is 23.2 Å². The van der Waals surface area contributed by atoms with Gasteiger partial charge in [0.15, 0.2) is 0 Å². The molecule has 1 aliphatic heterocycles. The Hall–Kier alpha value is -3.12. The first-order chi connectivity index (χ1) is 15.8. The van der Waals surface area contributed by atoms with E-state index in [9.17, 15) is 24.3 Å². The van der Waals surface area contributed by atoms with Crippen LogP contribution in [-0.2, 0) is 33.9 Å². The van der Waals surface area contributed by atoms with E-state index in [4.69, 9.17) is 9.47 Å². The number of carboxylic acid groups (broad SMARTS) is 1. The molecule has 2 N–H and O–H groups in total. The molecule has 180 valence electrons. The van der Waals surface area contributed by atoms with Crippen molar-refractivity contribution in [2.75, 3.05) is 13.2 Å². The summed E-state index contributed by atoms with van der Waals surface area (Å²) >= 11 is 1.19. The van der Waals surface area contributed by atoms with Gasteiger partial charge in [0.05, 0.1) is 37.4 Å². The van der Waals surface area contributed by atoms with E-state index in [1.807, 2.05) is 0 Å². The van der Waals surface area contributed by atoms with Gasteiger partial charge in [-0.15, -0.1) is 11.3 Å². The van der Waals surface area contributed by atoms with Crippen molar-refractivity contribution in [3.63, 3.8) is 0 Å². The summed E-state index contributed by atoms with van der Waals surface area (Å²) in [6, 6.07) is 0. The lowest BCUT2D eigenvalue weighted by Crippen LogP contribution is -2.44. The molecule has 0 saturated carbocycles. The molecule has 1 unspecified atom stereocenters. The van der Waals surface area contributed by atoms with Crippen molar-refractivity contribution in [1.29, 1.82) is 0 Å². The fourth-order valence-electron chi connectivity index (χ4n) is 3.75. The Kier molecular flexibility index (Phi) is 7.92. The van der Waals surface area contributed by atoms with Crippen molar-refractivity contribution in [3.8, 4) is 0 Å². The number of ether oxygens (including phenoxy) is 2. The zero-order chi connectivity index (χ0) is 24.1. The Morgan fingerprint density at radius 2 is 2.09 bits per heavy atom. The SMILES string of the molecule is CCO/C=C/C(=O)N(Cc1sc2c(c1C)c(=O)n(CC)c(=O)n2CC1CCCO1)NC(=O)O. The van der Waals surface area contributed by atoms with Crippen molar-refractivity contribution in [1.82, 2.24) is 19.6 Å². The van der Waals surface area contributed by atoms with Gasteiger partial charge in [-0.1, -0.05) is 0 Å². The highest BCUT2D eigenvalue weighted by atomic mass is 32.1. The molecule has 12 heteroatoms. The molecule has 2 aromatic heterocycles. The molecule has 0 radical (unpaired) electrons. The molecular formula is C21H28N4O7S. The molecule has 1 saturated heterocycles. The lowest BCUT2D eigenvalue weighted by Gasteiger charge is -2.19. The zero-order valence-corrected chi connectivity index (χ0v) is 19.6. The number of nitrogens with one attached hydrogen (secondary N) is 1. The Bertz CT molecular complexity index is 1170. The average Bonchev–Trinajstić information content (AvgIpc) is 3.39. The summed E-state index contributed by atoms with van der Waals surface area (Å²) in [6.07, 6.45) is 2.52. The highest BCUT2D eigenvalue weighted by Gasteiger charge is 2.25. The summed E-state index contributed by atoms with van der Waals surface area (Å²) in [5, 5.41) is 10.5. The number of amides is 2. The number of aromatic nitrogens is 2. The van der Waals surface area contributed by atoms with E-state index >= 15 is 0 Å². The largest absolute Gasteiger partial charge is 0.501 e. The van der Waals surface area contributed by atoms with Crippen LogP contribution < -0.4 is 16.7 Å². The van der Waals surface area contributed by atoms with Gasteiger partial charge >= 0.3 is 11.8 Å². The van der Waals surface area contributed by atoms with Gasteiger partial charge in [-0.3, -0.25) is 18.7 Å². The number of hydrazine groups is 1. The highest BCUT2D eigenvalue weighted by molar-refractivity contribution is 7.18.